The molecule has 0 saturated heterocycles. The number of aromatic hydroxyl groups is 1. The normalized spacial score (nSPS) is 24.3. The summed E-state index contributed by atoms with van der Waals surface area (Å²) in [5, 5.41) is 9.07. The van der Waals surface area contributed by atoms with Crippen molar-refractivity contribution in [1.82, 2.24) is 4.72 Å². The third-order valence-corrected chi connectivity index (χ3v) is 4.40. The van der Waals surface area contributed by atoms with Crippen LogP contribution in [0.5, 0.6) is 5.75 Å². The summed E-state index contributed by atoms with van der Waals surface area (Å²) in [4.78, 5) is 0.193. The molecule has 88 valence electrons. The first kappa shape index (κ1) is 11.4. The van der Waals surface area contributed by atoms with Gasteiger partial charge in [0.15, 0.2) is 0 Å². The minimum atomic E-state index is -3.42. The third-order valence-electron chi connectivity index (χ3n) is 2.96. The van der Waals surface area contributed by atoms with Crippen molar-refractivity contribution >= 4 is 10.0 Å². The molecule has 2 unspecified atom stereocenters. The fraction of sp³-hybridized carbons (Fsp3) is 0.455. The number of phenols is 1. The van der Waals surface area contributed by atoms with Crippen molar-refractivity contribution in [2.75, 3.05) is 6.54 Å². The van der Waals surface area contributed by atoms with E-state index in [9.17, 15) is 8.42 Å². The first-order valence-corrected chi connectivity index (χ1v) is 6.76. The van der Waals surface area contributed by atoms with E-state index in [1.807, 2.05) is 0 Å². The number of sulfonamides is 1. The summed E-state index contributed by atoms with van der Waals surface area (Å²) >= 11 is 0. The van der Waals surface area contributed by atoms with Gasteiger partial charge in [-0.3, -0.25) is 0 Å². The van der Waals surface area contributed by atoms with Crippen LogP contribution in [0, 0.1) is 11.8 Å². The van der Waals surface area contributed by atoms with Gasteiger partial charge < -0.3 is 5.11 Å². The minimum absolute atomic E-state index is 0.0646. The lowest BCUT2D eigenvalue weighted by Crippen LogP contribution is -2.26. The average molecular weight is 241 g/mol. The number of rotatable bonds is 4. The molecule has 1 aliphatic rings. The smallest absolute Gasteiger partial charge is 0.240 e. The number of benzene rings is 1. The van der Waals surface area contributed by atoms with Crippen LogP contribution in [0.15, 0.2) is 29.2 Å². The van der Waals surface area contributed by atoms with Crippen LogP contribution in [0.4, 0.5) is 0 Å². The molecule has 0 radical (unpaired) electrons. The van der Waals surface area contributed by atoms with Gasteiger partial charge in [0.05, 0.1) is 4.90 Å². The largest absolute Gasteiger partial charge is 0.508 e. The molecule has 1 aromatic carbocycles. The fourth-order valence-corrected chi connectivity index (χ4v) is 2.70. The molecule has 0 amide bonds. The van der Waals surface area contributed by atoms with Gasteiger partial charge in [-0.25, -0.2) is 13.1 Å². The van der Waals surface area contributed by atoms with E-state index in [2.05, 4.69) is 11.6 Å². The maximum atomic E-state index is 11.8. The summed E-state index contributed by atoms with van der Waals surface area (Å²) in [5.74, 6) is 1.17. The highest BCUT2D eigenvalue weighted by Crippen LogP contribution is 2.37. The molecule has 1 fully saturated rings. The highest BCUT2D eigenvalue weighted by atomic mass is 32.2. The predicted molar refractivity (Wildman–Crippen MR) is 60.6 cm³/mol. The second-order valence-corrected chi connectivity index (χ2v) is 6.09. The maximum Gasteiger partial charge on any atom is 0.240 e. The molecule has 1 saturated carbocycles. The lowest BCUT2D eigenvalue weighted by atomic mass is 10.3. The molecule has 5 heteroatoms. The standard InChI is InChI=1S/C11H15NO3S/c1-8-6-9(8)7-12-16(14,15)11-4-2-10(13)3-5-11/h2-5,8-9,12-13H,6-7H2,1H3. The Morgan fingerprint density at radius 1 is 1.38 bits per heavy atom. The lowest BCUT2D eigenvalue weighted by Gasteiger charge is -2.05. The zero-order valence-electron chi connectivity index (χ0n) is 9.05. The van der Waals surface area contributed by atoms with Gasteiger partial charge in [0, 0.05) is 6.54 Å². The van der Waals surface area contributed by atoms with Gasteiger partial charge in [-0.05, 0) is 42.5 Å². The Balaban J connectivity index is 2.03. The third kappa shape index (κ3) is 2.54. The number of nitrogens with one attached hydrogen (secondary N) is 1. The molecule has 0 bridgehead atoms. The molecule has 1 aromatic rings. The van der Waals surface area contributed by atoms with Gasteiger partial charge in [0.1, 0.15) is 5.75 Å². The molecule has 4 nitrogen and oxygen atoms in total. The van der Waals surface area contributed by atoms with E-state index in [1.165, 1.54) is 24.3 Å². The minimum Gasteiger partial charge on any atom is -0.508 e. The van der Waals surface area contributed by atoms with E-state index >= 15 is 0 Å². The molecule has 2 rings (SSSR count). The van der Waals surface area contributed by atoms with Crippen LogP contribution in [0.3, 0.4) is 0 Å². The maximum absolute atomic E-state index is 11.8. The van der Waals surface area contributed by atoms with Crippen molar-refractivity contribution in [3.63, 3.8) is 0 Å². The van der Waals surface area contributed by atoms with E-state index in [1.54, 1.807) is 0 Å². The molecule has 0 aromatic heterocycles. The van der Waals surface area contributed by atoms with Gasteiger partial charge in [-0.2, -0.15) is 0 Å². The summed E-state index contributed by atoms with van der Waals surface area (Å²) < 4.78 is 26.2. The van der Waals surface area contributed by atoms with Gasteiger partial charge >= 0.3 is 0 Å². The molecule has 0 aliphatic heterocycles. The van der Waals surface area contributed by atoms with Crippen LogP contribution in [0.2, 0.25) is 0 Å². The summed E-state index contributed by atoms with van der Waals surface area (Å²) in [6.45, 7) is 2.61. The van der Waals surface area contributed by atoms with E-state index in [-0.39, 0.29) is 10.6 Å². The predicted octanol–water partition coefficient (Wildman–Crippen LogP) is 1.33. The lowest BCUT2D eigenvalue weighted by molar-refractivity contribution is 0.474. The number of hydrogen-bond donors (Lipinski definition) is 2. The Morgan fingerprint density at radius 3 is 2.44 bits per heavy atom. The summed E-state index contributed by atoms with van der Waals surface area (Å²) in [6.07, 6.45) is 1.10. The second-order valence-electron chi connectivity index (χ2n) is 4.32. The van der Waals surface area contributed by atoms with Crippen molar-refractivity contribution in [2.24, 2.45) is 11.8 Å². The summed E-state index contributed by atoms with van der Waals surface area (Å²) in [6, 6.07) is 5.53. The Morgan fingerprint density at radius 2 is 1.94 bits per heavy atom. The van der Waals surface area contributed by atoms with Crippen molar-refractivity contribution in [2.45, 2.75) is 18.2 Å². The Kier molecular flexibility index (Phi) is 2.90. The fourth-order valence-electron chi connectivity index (χ4n) is 1.61. The van der Waals surface area contributed by atoms with Crippen LogP contribution in [-0.2, 0) is 10.0 Å². The summed E-state index contributed by atoms with van der Waals surface area (Å²) in [5.41, 5.74) is 0. The van der Waals surface area contributed by atoms with Crippen LogP contribution in [0.25, 0.3) is 0 Å². The Hall–Kier alpha value is -1.07. The Bertz CT molecular complexity index is 467. The molecule has 2 atom stereocenters. The van der Waals surface area contributed by atoms with Crippen molar-refractivity contribution < 1.29 is 13.5 Å². The molecule has 2 N–H and O–H groups in total. The van der Waals surface area contributed by atoms with Crippen LogP contribution in [-0.4, -0.2) is 20.1 Å². The van der Waals surface area contributed by atoms with Crippen LogP contribution < -0.4 is 4.72 Å². The summed E-state index contributed by atoms with van der Waals surface area (Å²) in [7, 11) is -3.42. The number of phenolic OH excluding ortho intramolecular Hbond substituents is 1. The molecular weight excluding hydrogens is 226 g/mol. The highest BCUT2D eigenvalue weighted by molar-refractivity contribution is 7.89. The molecular formula is C11H15NO3S. The molecule has 16 heavy (non-hydrogen) atoms. The van der Waals surface area contributed by atoms with E-state index in [4.69, 9.17) is 5.11 Å². The van der Waals surface area contributed by atoms with Gasteiger partial charge in [-0.1, -0.05) is 6.92 Å². The quantitative estimate of drug-likeness (QED) is 0.835. The van der Waals surface area contributed by atoms with E-state index < -0.39 is 10.0 Å². The van der Waals surface area contributed by atoms with Crippen LogP contribution in [0.1, 0.15) is 13.3 Å². The average Bonchev–Trinajstić information content (AvgIpc) is 2.93. The van der Waals surface area contributed by atoms with Gasteiger partial charge in [-0.15, -0.1) is 0 Å². The SMILES string of the molecule is CC1CC1CNS(=O)(=O)c1ccc(O)cc1. The number of hydrogen-bond acceptors (Lipinski definition) is 3. The van der Waals surface area contributed by atoms with Gasteiger partial charge in [0.2, 0.25) is 10.0 Å². The molecule has 1 aliphatic carbocycles. The Labute approximate surface area is 95.4 Å². The van der Waals surface area contributed by atoms with Gasteiger partial charge in [0.25, 0.3) is 0 Å². The van der Waals surface area contributed by atoms with E-state index in [0.717, 1.165) is 6.42 Å². The first-order chi connectivity index (χ1) is 7.49. The zero-order chi connectivity index (χ0) is 11.8. The monoisotopic (exact) mass is 241 g/mol. The van der Waals surface area contributed by atoms with Crippen molar-refractivity contribution in [3.05, 3.63) is 24.3 Å². The van der Waals surface area contributed by atoms with E-state index in [0.29, 0.717) is 18.4 Å². The molecule has 0 spiro atoms. The second kappa shape index (κ2) is 4.07. The highest BCUT2D eigenvalue weighted by Gasteiger charge is 2.33. The van der Waals surface area contributed by atoms with Crippen molar-refractivity contribution in [1.29, 1.82) is 0 Å². The first-order valence-electron chi connectivity index (χ1n) is 5.28. The zero-order valence-corrected chi connectivity index (χ0v) is 9.87. The van der Waals surface area contributed by atoms with Crippen molar-refractivity contribution in [3.8, 4) is 5.75 Å². The van der Waals surface area contributed by atoms with Crippen LogP contribution >= 0.6 is 0 Å². The topological polar surface area (TPSA) is 66.4 Å². The molecule has 0 heterocycles.